The van der Waals surface area contributed by atoms with Gasteiger partial charge in [0.15, 0.2) is 0 Å². The summed E-state index contributed by atoms with van der Waals surface area (Å²) in [5, 5.41) is 8.61. The van der Waals surface area contributed by atoms with Crippen molar-refractivity contribution < 1.29 is 13.2 Å². The number of nitrogen functional groups attached to an aromatic ring is 1. The van der Waals surface area contributed by atoms with Gasteiger partial charge in [0.2, 0.25) is 0 Å². The van der Waals surface area contributed by atoms with Crippen LogP contribution >= 0.6 is 15.9 Å². The number of nitrogens with zero attached hydrogens (tertiary/aromatic N) is 1. The summed E-state index contributed by atoms with van der Waals surface area (Å²) in [6, 6.07) is 2.37. The molecule has 0 amide bonds. The van der Waals surface area contributed by atoms with Gasteiger partial charge in [-0.3, -0.25) is 0 Å². The van der Waals surface area contributed by atoms with Crippen LogP contribution in [0.15, 0.2) is 10.5 Å². The van der Waals surface area contributed by atoms with Crippen molar-refractivity contribution in [3.63, 3.8) is 0 Å². The number of halogens is 4. The van der Waals surface area contributed by atoms with Crippen LogP contribution in [0.2, 0.25) is 0 Å². The van der Waals surface area contributed by atoms with Gasteiger partial charge in [-0.1, -0.05) is 0 Å². The topological polar surface area (TPSA) is 49.8 Å². The van der Waals surface area contributed by atoms with E-state index < -0.39 is 11.7 Å². The van der Waals surface area contributed by atoms with Crippen LogP contribution in [0.1, 0.15) is 16.7 Å². The van der Waals surface area contributed by atoms with Crippen LogP contribution in [0, 0.1) is 18.3 Å². The number of anilines is 1. The summed E-state index contributed by atoms with van der Waals surface area (Å²) in [4.78, 5) is 0. The number of benzene rings is 1. The zero-order valence-electron chi connectivity index (χ0n) is 7.61. The Morgan fingerprint density at radius 3 is 2.40 bits per heavy atom. The Morgan fingerprint density at radius 2 is 2.00 bits per heavy atom. The highest BCUT2D eigenvalue weighted by Gasteiger charge is 2.34. The number of nitriles is 1. The first kappa shape index (κ1) is 11.9. The molecule has 0 atom stereocenters. The van der Waals surface area contributed by atoms with Crippen molar-refractivity contribution in [2.24, 2.45) is 0 Å². The van der Waals surface area contributed by atoms with Crippen LogP contribution in [0.4, 0.5) is 18.9 Å². The molecule has 1 aromatic rings. The normalized spacial score (nSPS) is 11.2. The lowest BCUT2D eigenvalue weighted by Gasteiger charge is -2.13. The van der Waals surface area contributed by atoms with Gasteiger partial charge in [0.1, 0.15) is 6.07 Å². The quantitative estimate of drug-likeness (QED) is 0.741. The molecule has 0 saturated carbocycles. The van der Waals surface area contributed by atoms with Gasteiger partial charge in [-0.05, 0) is 34.5 Å². The molecule has 0 aromatic heterocycles. The Hall–Kier alpha value is -1.22. The zero-order valence-corrected chi connectivity index (χ0v) is 9.20. The van der Waals surface area contributed by atoms with Crippen molar-refractivity contribution >= 4 is 21.6 Å². The molecule has 15 heavy (non-hydrogen) atoms. The zero-order chi connectivity index (χ0) is 11.8. The van der Waals surface area contributed by atoms with Crippen molar-refractivity contribution in [2.75, 3.05) is 5.73 Å². The second-order valence-electron chi connectivity index (χ2n) is 2.93. The Morgan fingerprint density at radius 1 is 1.47 bits per heavy atom. The second kappa shape index (κ2) is 3.74. The summed E-state index contributed by atoms with van der Waals surface area (Å²) >= 11 is 2.82. The van der Waals surface area contributed by atoms with E-state index in [0.29, 0.717) is 0 Å². The molecular formula is C9H6BrF3N2. The van der Waals surface area contributed by atoms with Crippen molar-refractivity contribution in [3.05, 3.63) is 27.2 Å². The number of rotatable bonds is 0. The number of nitrogens with two attached hydrogens (primary N) is 1. The van der Waals surface area contributed by atoms with Crippen molar-refractivity contribution in [1.29, 1.82) is 5.26 Å². The smallest absolute Gasteiger partial charge is 0.397 e. The van der Waals surface area contributed by atoms with E-state index in [4.69, 9.17) is 11.0 Å². The van der Waals surface area contributed by atoms with Gasteiger partial charge in [0, 0.05) is 4.47 Å². The standard InChI is InChI=1S/C9H6BrF3N2/c1-4-7(10)6(9(11,12)13)2-5(3-14)8(4)15/h2H,15H2,1H3. The Labute approximate surface area is 92.6 Å². The fraction of sp³-hybridized carbons (Fsp3) is 0.222. The van der Waals surface area contributed by atoms with E-state index in [9.17, 15) is 13.2 Å². The predicted molar refractivity (Wildman–Crippen MR) is 53.0 cm³/mol. The first-order chi connectivity index (χ1) is 6.79. The van der Waals surface area contributed by atoms with Crippen LogP contribution in [-0.4, -0.2) is 0 Å². The summed E-state index contributed by atoms with van der Waals surface area (Å²) in [7, 11) is 0. The van der Waals surface area contributed by atoms with E-state index in [1.807, 2.05) is 0 Å². The third-order valence-corrected chi connectivity index (χ3v) is 3.00. The highest BCUT2D eigenvalue weighted by Crippen LogP contribution is 2.39. The van der Waals surface area contributed by atoms with Crippen molar-refractivity contribution in [2.45, 2.75) is 13.1 Å². The van der Waals surface area contributed by atoms with Crippen LogP contribution in [0.5, 0.6) is 0 Å². The van der Waals surface area contributed by atoms with Crippen molar-refractivity contribution in [3.8, 4) is 6.07 Å². The molecule has 0 radical (unpaired) electrons. The minimum absolute atomic E-state index is 0.0670. The molecule has 0 spiro atoms. The minimum atomic E-state index is -4.50. The lowest BCUT2D eigenvalue weighted by Crippen LogP contribution is -2.09. The molecule has 0 bridgehead atoms. The first-order valence-electron chi connectivity index (χ1n) is 3.85. The average molecular weight is 279 g/mol. The van der Waals surface area contributed by atoms with E-state index in [1.54, 1.807) is 6.07 Å². The highest BCUT2D eigenvalue weighted by molar-refractivity contribution is 9.10. The van der Waals surface area contributed by atoms with E-state index in [1.165, 1.54) is 6.92 Å². The molecular weight excluding hydrogens is 273 g/mol. The lowest BCUT2D eigenvalue weighted by atomic mass is 10.0. The number of hydrogen-bond acceptors (Lipinski definition) is 2. The molecule has 0 aliphatic heterocycles. The molecule has 1 rings (SSSR count). The van der Waals surface area contributed by atoms with Gasteiger partial charge in [-0.25, -0.2) is 0 Å². The molecule has 0 unspecified atom stereocenters. The summed E-state index contributed by atoms with van der Waals surface area (Å²) in [5.41, 5.74) is 4.73. The van der Waals surface area contributed by atoms with Gasteiger partial charge < -0.3 is 5.73 Å². The minimum Gasteiger partial charge on any atom is -0.397 e. The van der Waals surface area contributed by atoms with E-state index in [0.717, 1.165) is 6.07 Å². The van der Waals surface area contributed by atoms with E-state index >= 15 is 0 Å². The molecule has 1 aromatic carbocycles. The summed E-state index contributed by atoms with van der Waals surface area (Å²) in [5.74, 6) is 0. The molecule has 0 heterocycles. The van der Waals surface area contributed by atoms with Gasteiger partial charge in [0.25, 0.3) is 0 Å². The first-order valence-corrected chi connectivity index (χ1v) is 4.64. The maximum atomic E-state index is 12.5. The third kappa shape index (κ3) is 2.07. The van der Waals surface area contributed by atoms with Crippen LogP contribution in [-0.2, 0) is 6.18 Å². The van der Waals surface area contributed by atoms with Gasteiger partial charge in [0.05, 0.1) is 16.8 Å². The summed E-state index contributed by atoms with van der Waals surface area (Å²) < 4.78 is 37.4. The fourth-order valence-electron chi connectivity index (χ4n) is 1.11. The molecule has 2 N–H and O–H groups in total. The lowest BCUT2D eigenvalue weighted by molar-refractivity contribution is -0.138. The molecule has 0 fully saturated rings. The summed E-state index contributed by atoms with van der Waals surface area (Å²) in [6.45, 7) is 1.43. The van der Waals surface area contributed by atoms with Gasteiger partial charge >= 0.3 is 6.18 Å². The highest BCUT2D eigenvalue weighted by atomic mass is 79.9. The number of hydrogen-bond donors (Lipinski definition) is 1. The van der Waals surface area contributed by atoms with Crippen LogP contribution in [0.3, 0.4) is 0 Å². The van der Waals surface area contributed by atoms with Gasteiger partial charge in [-0.2, -0.15) is 18.4 Å². The fourth-order valence-corrected chi connectivity index (χ4v) is 1.66. The Balaban J connectivity index is 3.58. The maximum absolute atomic E-state index is 12.5. The largest absolute Gasteiger partial charge is 0.417 e. The van der Waals surface area contributed by atoms with Gasteiger partial charge in [-0.15, -0.1) is 0 Å². The van der Waals surface area contributed by atoms with Crippen LogP contribution < -0.4 is 5.73 Å². The average Bonchev–Trinajstić information content (AvgIpc) is 2.13. The molecule has 6 heteroatoms. The Bertz CT molecular complexity index is 446. The molecule has 0 saturated heterocycles. The van der Waals surface area contributed by atoms with E-state index in [2.05, 4.69) is 15.9 Å². The summed E-state index contributed by atoms with van der Waals surface area (Å²) in [6.07, 6.45) is -4.50. The molecule has 80 valence electrons. The van der Waals surface area contributed by atoms with Crippen molar-refractivity contribution in [1.82, 2.24) is 0 Å². The molecule has 0 aliphatic rings. The van der Waals surface area contributed by atoms with E-state index in [-0.39, 0.29) is 21.3 Å². The molecule has 2 nitrogen and oxygen atoms in total. The van der Waals surface area contributed by atoms with Crippen LogP contribution in [0.25, 0.3) is 0 Å². The Kier molecular flexibility index (Phi) is 2.95. The third-order valence-electron chi connectivity index (χ3n) is 1.97. The SMILES string of the molecule is Cc1c(N)c(C#N)cc(C(F)(F)F)c1Br. The second-order valence-corrected chi connectivity index (χ2v) is 3.73. The predicted octanol–water partition coefficient (Wildman–Crippen LogP) is 3.23. The monoisotopic (exact) mass is 278 g/mol. The maximum Gasteiger partial charge on any atom is 0.417 e. The molecule has 0 aliphatic carbocycles. The number of alkyl halides is 3.